The van der Waals surface area contributed by atoms with Gasteiger partial charge in [-0.05, 0) is 35.9 Å². The molecule has 1 heterocycles. The summed E-state index contributed by atoms with van der Waals surface area (Å²) in [6.45, 7) is 0. The molecule has 0 atom stereocenters. The molecule has 1 aromatic heterocycles. The molecule has 0 spiro atoms. The van der Waals surface area contributed by atoms with Crippen molar-refractivity contribution in [3.63, 3.8) is 0 Å². The Morgan fingerprint density at radius 3 is 1.57 bits per heavy atom. The number of anilines is 4. The maximum absolute atomic E-state index is 13.6. The zero-order valence-corrected chi connectivity index (χ0v) is 12.4. The van der Waals surface area contributed by atoms with Crippen molar-refractivity contribution in [3.8, 4) is 0 Å². The molecule has 116 valence electrons. The van der Waals surface area contributed by atoms with Gasteiger partial charge in [0, 0.05) is 0 Å². The Kier molecular flexibility index (Phi) is 4.29. The van der Waals surface area contributed by atoms with Crippen LogP contribution in [0.2, 0.25) is 5.28 Å². The molecule has 0 unspecified atom stereocenters. The second-order valence-electron chi connectivity index (χ2n) is 4.46. The molecule has 2 aromatic carbocycles. The number of para-hydroxylation sites is 2. The average Bonchev–Trinajstić information content (AvgIpc) is 2.51. The fourth-order valence-corrected chi connectivity index (χ4v) is 1.99. The third-order valence-electron chi connectivity index (χ3n) is 2.85. The normalized spacial score (nSPS) is 10.4. The molecule has 0 aliphatic rings. The van der Waals surface area contributed by atoms with Gasteiger partial charge in [0.05, 0.1) is 11.4 Å². The van der Waals surface area contributed by atoms with Crippen LogP contribution in [0.15, 0.2) is 48.5 Å². The summed E-state index contributed by atoms with van der Waals surface area (Å²) in [5.74, 6) is -0.858. The largest absolute Gasteiger partial charge is 0.321 e. The Morgan fingerprint density at radius 1 is 0.696 bits per heavy atom. The van der Waals surface area contributed by atoms with Crippen molar-refractivity contribution in [2.45, 2.75) is 0 Å². The summed E-state index contributed by atoms with van der Waals surface area (Å²) in [7, 11) is 0. The van der Waals surface area contributed by atoms with Crippen molar-refractivity contribution in [2.24, 2.45) is 0 Å². The van der Waals surface area contributed by atoms with Gasteiger partial charge in [0.15, 0.2) is 0 Å². The minimum absolute atomic E-state index is 0.0361. The van der Waals surface area contributed by atoms with Crippen LogP contribution in [0.25, 0.3) is 0 Å². The standard InChI is InChI=1S/C15H10ClF2N5/c16-13-21-14(19-11-7-3-1-5-9(11)17)23-15(22-13)20-12-8-4-2-6-10(12)18/h1-8H,(H2,19,20,21,22,23). The van der Waals surface area contributed by atoms with Crippen LogP contribution in [-0.4, -0.2) is 15.0 Å². The molecule has 5 nitrogen and oxygen atoms in total. The van der Waals surface area contributed by atoms with E-state index in [1.54, 1.807) is 24.3 Å². The van der Waals surface area contributed by atoms with Crippen molar-refractivity contribution >= 4 is 34.9 Å². The van der Waals surface area contributed by atoms with Gasteiger partial charge >= 0.3 is 0 Å². The highest BCUT2D eigenvalue weighted by Crippen LogP contribution is 2.21. The van der Waals surface area contributed by atoms with E-state index in [2.05, 4.69) is 25.6 Å². The van der Waals surface area contributed by atoms with Crippen LogP contribution in [0.1, 0.15) is 0 Å². The summed E-state index contributed by atoms with van der Waals surface area (Å²) in [4.78, 5) is 11.8. The van der Waals surface area contributed by atoms with Gasteiger partial charge in [-0.25, -0.2) is 8.78 Å². The van der Waals surface area contributed by atoms with Gasteiger partial charge in [-0.3, -0.25) is 0 Å². The molecular formula is C15H10ClF2N5. The fraction of sp³-hybridized carbons (Fsp3) is 0. The molecule has 0 saturated heterocycles. The van der Waals surface area contributed by atoms with Crippen LogP contribution in [0.4, 0.5) is 32.1 Å². The van der Waals surface area contributed by atoms with E-state index in [1.807, 2.05) is 0 Å². The predicted molar refractivity (Wildman–Crippen MR) is 84.2 cm³/mol. The highest BCUT2D eigenvalue weighted by Gasteiger charge is 2.09. The van der Waals surface area contributed by atoms with Crippen LogP contribution in [0, 0.1) is 11.6 Å². The van der Waals surface area contributed by atoms with E-state index in [0.717, 1.165) is 0 Å². The number of hydrogen-bond donors (Lipinski definition) is 2. The molecular weight excluding hydrogens is 324 g/mol. The third kappa shape index (κ3) is 3.70. The average molecular weight is 334 g/mol. The number of halogens is 3. The molecule has 8 heteroatoms. The summed E-state index contributed by atoms with van der Waals surface area (Å²) in [5, 5.41) is 5.28. The lowest BCUT2D eigenvalue weighted by atomic mass is 10.3. The van der Waals surface area contributed by atoms with Crippen molar-refractivity contribution in [2.75, 3.05) is 10.6 Å². The van der Waals surface area contributed by atoms with E-state index >= 15 is 0 Å². The SMILES string of the molecule is Fc1ccccc1Nc1nc(Cl)nc(Nc2ccccc2F)n1. The molecule has 0 radical (unpaired) electrons. The van der Waals surface area contributed by atoms with Crippen LogP contribution in [0.5, 0.6) is 0 Å². The Bertz CT molecular complexity index is 778. The Morgan fingerprint density at radius 2 is 1.13 bits per heavy atom. The monoisotopic (exact) mass is 333 g/mol. The molecule has 23 heavy (non-hydrogen) atoms. The molecule has 0 fully saturated rings. The van der Waals surface area contributed by atoms with Crippen molar-refractivity contribution in [1.82, 2.24) is 15.0 Å². The van der Waals surface area contributed by atoms with E-state index in [-0.39, 0.29) is 28.6 Å². The van der Waals surface area contributed by atoms with Gasteiger partial charge in [0.1, 0.15) is 11.6 Å². The smallest absolute Gasteiger partial charge is 0.233 e. The quantitative estimate of drug-likeness (QED) is 0.745. The second-order valence-corrected chi connectivity index (χ2v) is 4.80. The first-order valence-corrected chi connectivity index (χ1v) is 6.94. The number of aromatic nitrogens is 3. The lowest BCUT2D eigenvalue weighted by Gasteiger charge is -2.09. The van der Waals surface area contributed by atoms with E-state index < -0.39 is 11.6 Å². The summed E-state index contributed by atoms with van der Waals surface area (Å²) < 4.78 is 27.3. The second kappa shape index (κ2) is 6.53. The van der Waals surface area contributed by atoms with Gasteiger partial charge in [0.25, 0.3) is 0 Å². The van der Waals surface area contributed by atoms with Gasteiger partial charge in [0.2, 0.25) is 17.2 Å². The van der Waals surface area contributed by atoms with Gasteiger partial charge in [-0.2, -0.15) is 15.0 Å². The van der Waals surface area contributed by atoms with Crippen LogP contribution < -0.4 is 10.6 Å². The van der Waals surface area contributed by atoms with Crippen LogP contribution >= 0.6 is 11.6 Å². The van der Waals surface area contributed by atoms with Crippen molar-refractivity contribution in [3.05, 3.63) is 65.4 Å². The van der Waals surface area contributed by atoms with E-state index in [9.17, 15) is 8.78 Å². The molecule has 3 aromatic rings. The molecule has 3 rings (SSSR count). The van der Waals surface area contributed by atoms with Crippen LogP contribution in [-0.2, 0) is 0 Å². The molecule has 0 aliphatic heterocycles. The maximum atomic E-state index is 13.6. The zero-order chi connectivity index (χ0) is 16.2. The molecule has 0 bridgehead atoms. The molecule has 2 N–H and O–H groups in total. The number of nitrogens with one attached hydrogen (secondary N) is 2. The topological polar surface area (TPSA) is 62.7 Å². The lowest BCUT2D eigenvalue weighted by Crippen LogP contribution is -2.05. The number of hydrogen-bond acceptors (Lipinski definition) is 5. The van der Waals surface area contributed by atoms with Gasteiger partial charge in [-0.1, -0.05) is 24.3 Å². The zero-order valence-electron chi connectivity index (χ0n) is 11.6. The van der Waals surface area contributed by atoms with Crippen molar-refractivity contribution < 1.29 is 8.78 Å². The Hall–Kier alpha value is -2.80. The van der Waals surface area contributed by atoms with Crippen molar-refractivity contribution in [1.29, 1.82) is 0 Å². The highest BCUT2D eigenvalue weighted by molar-refractivity contribution is 6.28. The summed E-state index contributed by atoms with van der Waals surface area (Å²) in [6, 6.07) is 12.1. The van der Waals surface area contributed by atoms with Gasteiger partial charge < -0.3 is 10.6 Å². The summed E-state index contributed by atoms with van der Waals surface area (Å²) in [6.07, 6.45) is 0. The van der Waals surface area contributed by atoms with E-state index in [1.165, 1.54) is 24.3 Å². The predicted octanol–water partition coefficient (Wildman–Crippen LogP) is 4.29. The Balaban J connectivity index is 1.88. The molecule has 0 saturated carbocycles. The number of rotatable bonds is 4. The van der Waals surface area contributed by atoms with Gasteiger partial charge in [-0.15, -0.1) is 0 Å². The highest BCUT2D eigenvalue weighted by atomic mass is 35.5. The van der Waals surface area contributed by atoms with E-state index in [0.29, 0.717) is 0 Å². The first-order chi connectivity index (χ1) is 11.1. The fourth-order valence-electron chi connectivity index (χ4n) is 1.83. The lowest BCUT2D eigenvalue weighted by molar-refractivity contribution is 0.631. The molecule has 0 amide bonds. The summed E-state index contributed by atoms with van der Waals surface area (Å²) >= 11 is 5.83. The first-order valence-electron chi connectivity index (χ1n) is 6.56. The summed E-state index contributed by atoms with van der Waals surface area (Å²) in [5.41, 5.74) is 0.373. The third-order valence-corrected chi connectivity index (χ3v) is 3.02. The van der Waals surface area contributed by atoms with Crippen LogP contribution in [0.3, 0.4) is 0 Å². The first kappa shape index (κ1) is 15.1. The maximum Gasteiger partial charge on any atom is 0.233 e. The van der Waals surface area contributed by atoms with E-state index in [4.69, 9.17) is 11.6 Å². The number of nitrogens with zero attached hydrogens (tertiary/aromatic N) is 3. The minimum atomic E-state index is -0.465. The molecule has 0 aliphatic carbocycles. The minimum Gasteiger partial charge on any atom is -0.321 e. The number of benzene rings is 2. The Labute approximate surface area is 135 Å².